The van der Waals surface area contributed by atoms with E-state index >= 15 is 0 Å². The first kappa shape index (κ1) is 20.2. The Balaban J connectivity index is 1.71. The molecule has 1 aromatic carbocycles. The number of fused-ring (bicyclic) bond motifs is 5. The molecule has 0 amide bonds. The SMILES string of the molecule is CCC1(N=O)C(=O)OCc2c1cc1n(c2=O)Cc2c-1nc1cc(F)c(C)c3c1c2C(N)CC3. The maximum Gasteiger partial charge on any atom is 0.342 e. The molecule has 168 valence electrons. The first-order chi connectivity index (χ1) is 15.8. The summed E-state index contributed by atoms with van der Waals surface area (Å²) in [6, 6.07) is 2.80. The number of aryl methyl sites for hydroxylation is 1. The molecule has 9 heteroatoms. The van der Waals surface area contributed by atoms with Crippen LogP contribution in [0.5, 0.6) is 0 Å². The van der Waals surface area contributed by atoms with Gasteiger partial charge in [-0.05, 0) is 54.1 Å². The number of halogens is 1. The monoisotopic (exact) mass is 448 g/mol. The molecule has 2 unspecified atom stereocenters. The lowest BCUT2D eigenvalue weighted by atomic mass is 9.82. The van der Waals surface area contributed by atoms with Gasteiger partial charge in [-0.1, -0.05) is 6.92 Å². The van der Waals surface area contributed by atoms with Crippen LogP contribution >= 0.6 is 0 Å². The van der Waals surface area contributed by atoms with Crippen LogP contribution < -0.4 is 11.3 Å². The van der Waals surface area contributed by atoms with Gasteiger partial charge in [0, 0.05) is 28.6 Å². The molecular formula is C24H21FN4O4. The highest BCUT2D eigenvalue weighted by Gasteiger charge is 2.49. The fraction of sp³-hybridized carbons (Fsp3) is 0.375. The number of carbonyl (C=O) groups is 1. The number of nitroso groups, excluding NO2 is 1. The molecule has 1 aliphatic carbocycles. The average molecular weight is 448 g/mol. The van der Waals surface area contributed by atoms with Crippen molar-refractivity contribution in [3.63, 3.8) is 0 Å². The first-order valence-corrected chi connectivity index (χ1v) is 11.0. The van der Waals surface area contributed by atoms with Crippen molar-refractivity contribution >= 4 is 16.9 Å². The molecule has 33 heavy (non-hydrogen) atoms. The number of cyclic esters (lactones) is 1. The Hall–Kier alpha value is -3.46. The number of benzene rings is 1. The van der Waals surface area contributed by atoms with Crippen LogP contribution in [0.15, 0.2) is 22.1 Å². The summed E-state index contributed by atoms with van der Waals surface area (Å²) in [6.45, 7) is 3.47. The molecule has 3 aromatic rings. The third-order valence-corrected chi connectivity index (χ3v) is 7.58. The Kier molecular flexibility index (Phi) is 4.00. The van der Waals surface area contributed by atoms with Gasteiger partial charge in [0.05, 0.1) is 29.0 Å². The van der Waals surface area contributed by atoms with Crippen molar-refractivity contribution in [1.82, 2.24) is 9.55 Å². The van der Waals surface area contributed by atoms with Crippen LogP contribution in [-0.4, -0.2) is 15.5 Å². The van der Waals surface area contributed by atoms with E-state index in [0.717, 1.165) is 22.1 Å². The lowest BCUT2D eigenvalue weighted by Crippen LogP contribution is -2.43. The number of aromatic nitrogens is 2. The number of carbonyl (C=O) groups excluding carboxylic acids is 1. The quantitative estimate of drug-likeness (QED) is 0.372. The minimum atomic E-state index is -1.77. The van der Waals surface area contributed by atoms with E-state index in [1.807, 2.05) is 0 Å². The predicted octanol–water partition coefficient (Wildman–Crippen LogP) is 3.25. The van der Waals surface area contributed by atoms with Gasteiger partial charge in [0.25, 0.3) is 5.56 Å². The molecule has 4 heterocycles. The van der Waals surface area contributed by atoms with Crippen molar-refractivity contribution in [3.05, 3.63) is 66.6 Å². The number of rotatable bonds is 2. The van der Waals surface area contributed by atoms with Gasteiger partial charge in [-0.15, -0.1) is 4.91 Å². The van der Waals surface area contributed by atoms with Crippen LogP contribution in [0.25, 0.3) is 22.3 Å². The number of nitrogens with zero attached hydrogens (tertiary/aromatic N) is 3. The van der Waals surface area contributed by atoms with Crippen molar-refractivity contribution in [1.29, 1.82) is 0 Å². The standard InChI is InChI=1S/C24H21FN4O4/c1-3-24(28-32)14-6-18-21-12(8-29(18)22(30)13(14)9-33-23(24)31)19-16(26)5-4-11-10(2)15(25)7-17(27-21)20(11)19/h6-7,16H,3-5,8-9,26H2,1-2H3. The molecule has 3 aliphatic rings. The number of hydrogen-bond acceptors (Lipinski definition) is 7. The molecule has 2 N–H and O–H groups in total. The molecule has 0 saturated carbocycles. The van der Waals surface area contributed by atoms with Gasteiger partial charge in [0.15, 0.2) is 0 Å². The third-order valence-electron chi connectivity index (χ3n) is 7.58. The second kappa shape index (κ2) is 6.54. The van der Waals surface area contributed by atoms with Gasteiger partial charge >= 0.3 is 5.97 Å². The summed E-state index contributed by atoms with van der Waals surface area (Å²) in [7, 11) is 0. The van der Waals surface area contributed by atoms with Crippen molar-refractivity contribution in [2.45, 2.75) is 57.8 Å². The van der Waals surface area contributed by atoms with E-state index in [9.17, 15) is 18.9 Å². The highest BCUT2D eigenvalue weighted by Crippen LogP contribution is 2.45. The van der Waals surface area contributed by atoms with Crippen LogP contribution in [0.3, 0.4) is 0 Å². The Morgan fingerprint density at radius 3 is 2.82 bits per heavy atom. The Labute approximate surface area is 187 Å². The van der Waals surface area contributed by atoms with Crippen molar-refractivity contribution in [2.75, 3.05) is 0 Å². The zero-order chi connectivity index (χ0) is 23.2. The van der Waals surface area contributed by atoms with E-state index in [-0.39, 0.29) is 48.1 Å². The number of nitrogens with two attached hydrogens (primary N) is 1. The smallest absolute Gasteiger partial charge is 0.342 e. The molecule has 0 radical (unpaired) electrons. The summed E-state index contributed by atoms with van der Waals surface area (Å²) in [5.41, 5.74) is 9.64. The van der Waals surface area contributed by atoms with Gasteiger partial charge in [-0.3, -0.25) is 4.79 Å². The summed E-state index contributed by atoms with van der Waals surface area (Å²) in [6.07, 6.45) is 1.40. The second-order valence-corrected chi connectivity index (χ2v) is 9.05. The van der Waals surface area contributed by atoms with Crippen LogP contribution in [0, 0.1) is 17.6 Å². The summed E-state index contributed by atoms with van der Waals surface area (Å²) < 4.78 is 21.4. The van der Waals surface area contributed by atoms with E-state index in [2.05, 4.69) is 5.18 Å². The molecule has 0 saturated heterocycles. The van der Waals surface area contributed by atoms with E-state index in [1.165, 1.54) is 6.07 Å². The highest BCUT2D eigenvalue weighted by atomic mass is 19.1. The first-order valence-electron chi connectivity index (χ1n) is 11.0. The Bertz CT molecular complexity index is 1490. The molecular weight excluding hydrogens is 427 g/mol. The van der Waals surface area contributed by atoms with Crippen LogP contribution in [0.2, 0.25) is 0 Å². The van der Waals surface area contributed by atoms with Gasteiger partial charge < -0.3 is 15.0 Å². The summed E-state index contributed by atoms with van der Waals surface area (Å²) in [5.74, 6) is -1.09. The van der Waals surface area contributed by atoms with Gasteiger partial charge in [0.2, 0.25) is 5.54 Å². The maximum atomic E-state index is 14.7. The van der Waals surface area contributed by atoms with Crippen molar-refractivity contribution in [2.24, 2.45) is 10.9 Å². The minimum absolute atomic E-state index is 0.0627. The highest BCUT2D eigenvalue weighted by molar-refractivity contribution is 5.93. The van der Waals surface area contributed by atoms with Crippen molar-refractivity contribution in [3.8, 4) is 11.4 Å². The number of ether oxygens (including phenoxy) is 1. The molecule has 8 nitrogen and oxygen atoms in total. The van der Waals surface area contributed by atoms with E-state index < -0.39 is 11.5 Å². The summed E-state index contributed by atoms with van der Waals surface area (Å²) in [5, 5.41) is 3.99. The zero-order valence-electron chi connectivity index (χ0n) is 18.2. The molecule has 2 aromatic heterocycles. The Morgan fingerprint density at radius 2 is 2.09 bits per heavy atom. The van der Waals surface area contributed by atoms with Gasteiger partial charge in [0.1, 0.15) is 12.4 Å². The lowest BCUT2D eigenvalue weighted by Gasteiger charge is -2.30. The molecule has 0 spiro atoms. The summed E-state index contributed by atoms with van der Waals surface area (Å²) >= 11 is 0. The normalized spacial score (nSPS) is 22.5. The number of esters is 1. The van der Waals surface area contributed by atoms with E-state index in [1.54, 1.807) is 24.5 Å². The average Bonchev–Trinajstić information content (AvgIpc) is 3.17. The summed E-state index contributed by atoms with van der Waals surface area (Å²) in [4.78, 5) is 42.6. The largest absolute Gasteiger partial charge is 0.458 e. The van der Waals surface area contributed by atoms with Crippen molar-refractivity contribution < 1.29 is 13.9 Å². The maximum absolute atomic E-state index is 14.7. The van der Waals surface area contributed by atoms with Gasteiger partial charge in [-0.2, -0.15) is 0 Å². The molecule has 2 aliphatic heterocycles. The fourth-order valence-electron chi connectivity index (χ4n) is 5.74. The minimum Gasteiger partial charge on any atom is -0.458 e. The van der Waals surface area contributed by atoms with Gasteiger partial charge in [-0.25, -0.2) is 14.2 Å². The lowest BCUT2D eigenvalue weighted by molar-refractivity contribution is -0.154. The predicted molar refractivity (Wildman–Crippen MR) is 118 cm³/mol. The van der Waals surface area contributed by atoms with E-state index in [0.29, 0.717) is 35.3 Å². The van der Waals surface area contributed by atoms with Crippen LogP contribution in [0.1, 0.15) is 59.2 Å². The fourth-order valence-corrected chi connectivity index (χ4v) is 5.74. The number of pyridine rings is 2. The molecule has 0 bridgehead atoms. The van der Waals surface area contributed by atoms with Crippen LogP contribution in [-0.2, 0) is 34.6 Å². The zero-order valence-corrected chi connectivity index (χ0v) is 18.2. The van der Waals surface area contributed by atoms with Crippen LogP contribution in [0.4, 0.5) is 4.39 Å². The van der Waals surface area contributed by atoms with E-state index in [4.69, 9.17) is 15.5 Å². The second-order valence-electron chi connectivity index (χ2n) is 9.05. The molecule has 6 rings (SSSR count). The molecule has 0 fully saturated rings. The third kappa shape index (κ3) is 2.35. The Morgan fingerprint density at radius 1 is 1.30 bits per heavy atom. The number of hydrogen-bond donors (Lipinski definition) is 1. The topological polar surface area (TPSA) is 117 Å². The molecule has 2 atom stereocenters.